The van der Waals surface area contributed by atoms with E-state index < -0.39 is 10.0 Å². The summed E-state index contributed by atoms with van der Waals surface area (Å²) in [5, 5.41) is 2.96. The van der Waals surface area contributed by atoms with Crippen LogP contribution in [0.4, 0.5) is 0 Å². The van der Waals surface area contributed by atoms with E-state index in [1.807, 2.05) is 12.1 Å². The molecule has 0 aliphatic heterocycles. The lowest BCUT2D eigenvalue weighted by molar-refractivity contribution is -0.121. The minimum absolute atomic E-state index is 0.00646. The number of halogens is 1. The van der Waals surface area contributed by atoms with E-state index in [0.29, 0.717) is 12.1 Å². The maximum absolute atomic E-state index is 12.4. The Kier molecular flexibility index (Phi) is 7.10. The maximum Gasteiger partial charge on any atom is 0.240 e. The van der Waals surface area contributed by atoms with Crippen LogP contribution < -0.4 is 10.0 Å². The molecular weight excluding hydrogens is 468 g/mol. The summed E-state index contributed by atoms with van der Waals surface area (Å²) in [6.45, 7) is 1.97. The fourth-order valence-electron chi connectivity index (χ4n) is 3.60. The summed E-state index contributed by atoms with van der Waals surface area (Å²) in [5.41, 5.74) is 1.61. The van der Waals surface area contributed by atoms with E-state index in [0.717, 1.165) is 23.7 Å². The van der Waals surface area contributed by atoms with Crippen LogP contribution in [0.2, 0.25) is 0 Å². The van der Waals surface area contributed by atoms with Crippen molar-refractivity contribution in [3.63, 3.8) is 0 Å². The summed E-state index contributed by atoms with van der Waals surface area (Å²) in [5.74, 6) is -0.318. The molecule has 0 aromatic heterocycles. The molecule has 0 unspecified atom stereocenters. The summed E-state index contributed by atoms with van der Waals surface area (Å²) in [6.07, 6.45) is 3.23. The van der Waals surface area contributed by atoms with Gasteiger partial charge in [0.2, 0.25) is 15.9 Å². The van der Waals surface area contributed by atoms with Crippen molar-refractivity contribution < 1.29 is 18.0 Å². The minimum Gasteiger partial charge on any atom is -0.355 e. The second kappa shape index (κ2) is 9.41. The van der Waals surface area contributed by atoms with Crippen molar-refractivity contribution >= 4 is 37.6 Å². The average Bonchev–Trinajstić information content (AvgIpc) is 2.67. The van der Waals surface area contributed by atoms with E-state index in [4.69, 9.17) is 0 Å². The molecule has 1 fully saturated rings. The molecule has 1 aliphatic rings. The number of benzene rings is 2. The SMILES string of the molecule is CC(=O)c1ccc(S(=O)(=O)NCCC(=O)NCC2(c3cccc(Br)c3)CCC2)cc1. The lowest BCUT2D eigenvalue weighted by atomic mass is 9.64. The lowest BCUT2D eigenvalue weighted by Gasteiger charge is -2.42. The number of hydrogen-bond donors (Lipinski definition) is 2. The number of sulfonamides is 1. The lowest BCUT2D eigenvalue weighted by Crippen LogP contribution is -2.46. The normalized spacial score (nSPS) is 15.3. The third kappa shape index (κ3) is 5.36. The van der Waals surface area contributed by atoms with Crippen molar-refractivity contribution in [3.8, 4) is 0 Å². The van der Waals surface area contributed by atoms with Crippen LogP contribution in [0.15, 0.2) is 57.9 Å². The number of amides is 1. The topological polar surface area (TPSA) is 92.3 Å². The first-order valence-electron chi connectivity index (χ1n) is 9.85. The summed E-state index contributed by atoms with van der Waals surface area (Å²) in [4.78, 5) is 23.6. The maximum atomic E-state index is 12.4. The van der Waals surface area contributed by atoms with E-state index in [1.54, 1.807) is 0 Å². The van der Waals surface area contributed by atoms with Crippen LogP contribution in [-0.2, 0) is 20.2 Å². The zero-order valence-electron chi connectivity index (χ0n) is 16.8. The molecule has 8 heteroatoms. The Morgan fingerprint density at radius 1 is 1.10 bits per heavy atom. The molecule has 0 atom stereocenters. The van der Waals surface area contributed by atoms with Gasteiger partial charge in [0.25, 0.3) is 0 Å². The third-order valence-electron chi connectivity index (χ3n) is 5.59. The van der Waals surface area contributed by atoms with Crippen molar-refractivity contribution in [1.82, 2.24) is 10.0 Å². The number of nitrogens with one attached hydrogen (secondary N) is 2. The highest BCUT2D eigenvalue weighted by molar-refractivity contribution is 9.10. The molecule has 0 bridgehead atoms. The molecule has 3 rings (SSSR count). The Labute approximate surface area is 185 Å². The number of rotatable bonds is 9. The standard InChI is InChI=1S/C22H25BrN2O4S/c1-16(26)17-6-8-20(9-7-17)30(28,29)25-13-10-21(27)24-15-22(11-3-12-22)18-4-2-5-19(23)14-18/h2,4-9,14,25H,3,10-13,15H2,1H3,(H,24,27). The fraction of sp³-hybridized carbons (Fsp3) is 0.364. The number of hydrogen-bond acceptors (Lipinski definition) is 4. The quantitative estimate of drug-likeness (QED) is 0.523. The average molecular weight is 493 g/mol. The molecule has 0 heterocycles. The first-order chi connectivity index (χ1) is 14.2. The van der Waals surface area contributed by atoms with Gasteiger partial charge in [-0.1, -0.05) is 46.6 Å². The molecule has 2 aromatic rings. The van der Waals surface area contributed by atoms with Gasteiger partial charge < -0.3 is 5.32 Å². The van der Waals surface area contributed by atoms with Gasteiger partial charge in [-0.05, 0) is 49.6 Å². The second-order valence-electron chi connectivity index (χ2n) is 7.65. The number of carbonyl (C=O) groups excluding carboxylic acids is 2. The Bertz CT molecular complexity index is 1030. The van der Waals surface area contributed by atoms with Gasteiger partial charge in [-0.2, -0.15) is 0 Å². The van der Waals surface area contributed by atoms with Crippen molar-refractivity contribution in [2.75, 3.05) is 13.1 Å². The molecule has 0 radical (unpaired) electrons. The Hall–Kier alpha value is -2.03. The van der Waals surface area contributed by atoms with E-state index in [1.165, 1.54) is 36.8 Å². The van der Waals surface area contributed by atoms with Gasteiger partial charge in [-0.3, -0.25) is 9.59 Å². The highest BCUT2D eigenvalue weighted by Crippen LogP contribution is 2.43. The Balaban J connectivity index is 1.50. The van der Waals surface area contributed by atoms with Crippen molar-refractivity contribution in [1.29, 1.82) is 0 Å². The molecule has 1 saturated carbocycles. The fourth-order valence-corrected chi connectivity index (χ4v) is 5.03. The van der Waals surface area contributed by atoms with Gasteiger partial charge in [0.1, 0.15) is 0 Å². The van der Waals surface area contributed by atoms with Gasteiger partial charge in [-0.15, -0.1) is 0 Å². The van der Waals surface area contributed by atoms with Crippen LogP contribution in [-0.4, -0.2) is 33.2 Å². The third-order valence-corrected chi connectivity index (χ3v) is 7.56. The molecule has 1 amide bonds. The molecule has 1 aliphatic carbocycles. The van der Waals surface area contributed by atoms with Crippen molar-refractivity contribution in [2.45, 2.75) is 42.9 Å². The molecule has 160 valence electrons. The van der Waals surface area contributed by atoms with E-state index in [-0.39, 0.29) is 35.0 Å². The largest absolute Gasteiger partial charge is 0.355 e. The van der Waals surface area contributed by atoms with E-state index >= 15 is 0 Å². The molecular formula is C22H25BrN2O4S. The summed E-state index contributed by atoms with van der Waals surface area (Å²) in [7, 11) is -3.73. The number of carbonyl (C=O) groups is 2. The van der Waals surface area contributed by atoms with Gasteiger partial charge >= 0.3 is 0 Å². The van der Waals surface area contributed by atoms with Crippen molar-refractivity contribution in [2.24, 2.45) is 0 Å². The van der Waals surface area contributed by atoms with Crippen LogP contribution in [0.3, 0.4) is 0 Å². The smallest absolute Gasteiger partial charge is 0.240 e. The Morgan fingerprint density at radius 2 is 1.80 bits per heavy atom. The summed E-state index contributed by atoms with van der Waals surface area (Å²) >= 11 is 3.50. The monoisotopic (exact) mass is 492 g/mol. The van der Waals surface area contributed by atoms with Gasteiger partial charge in [0.15, 0.2) is 5.78 Å². The Morgan fingerprint density at radius 3 is 2.37 bits per heavy atom. The van der Waals surface area contributed by atoms with E-state index in [2.05, 4.69) is 38.1 Å². The predicted molar refractivity (Wildman–Crippen MR) is 119 cm³/mol. The van der Waals surface area contributed by atoms with Crippen molar-refractivity contribution in [3.05, 3.63) is 64.1 Å². The second-order valence-corrected chi connectivity index (χ2v) is 10.3. The van der Waals surface area contributed by atoms with Crippen LogP contribution in [0.25, 0.3) is 0 Å². The van der Waals surface area contributed by atoms with Crippen LogP contribution in [0.1, 0.15) is 48.5 Å². The van der Waals surface area contributed by atoms with Gasteiger partial charge in [0.05, 0.1) is 4.90 Å². The first kappa shape index (κ1) is 22.7. The highest BCUT2D eigenvalue weighted by atomic mass is 79.9. The van der Waals surface area contributed by atoms with E-state index in [9.17, 15) is 18.0 Å². The first-order valence-corrected chi connectivity index (χ1v) is 12.1. The zero-order chi connectivity index (χ0) is 21.8. The molecule has 30 heavy (non-hydrogen) atoms. The molecule has 2 N–H and O–H groups in total. The molecule has 0 saturated heterocycles. The summed E-state index contributed by atoms with van der Waals surface area (Å²) in [6, 6.07) is 13.9. The van der Waals surface area contributed by atoms with Gasteiger partial charge in [-0.25, -0.2) is 13.1 Å². The molecule has 0 spiro atoms. The van der Waals surface area contributed by atoms with Crippen LogP contribution in [0.5, 0.6) is 0 Å². The predicted octanol–water partition coefficient (Wildman–Crippen LogP) is 3.56. The van der Waals surface area contributed by atoms with Gasteiger partial charge in [0, 0.05) is 35.0 Å². The molecule has 6 nitrogen and oxygen atoms in total. The highest BCUT2D eigenvalue weighted by Gasteiger charge is 2.38. The molecule has 2 aromatic carbocycles. The number of Topliss-reactive ketones (excluding diaryl/α,β-unsaturated/α-hetero) is 1. The van der Waals surface area contributed by atoms with Crippen LogP contribution in [0, 0.1) is 0 Å². The zero-order valence-corrected chi connectivity index (χ0v) is 19.2. The minimum atomic E-state index is -3.73. The van der Waals surface area contributed by atoms with Crippen LogP contribution >= 0.6 is 15.9 Å². The summed E-state index contributed by atoms with van der Waals surface area (Å²) < 4.78 is 28.2. The number of ketones is 1.